The molecule has 1 saturated carbocycles. The summed E-state index contributed by atoms with van der Waals surface area (Å²) in [5.74, 6) is 0.520. The van der Waals surface area contributed by atoms with Crippen LogP contribution in [0, 0.1) is 5.92 Å². The van der Waals surface area contributed by atoms with Gasteiger partial charge in [-0.2, -0.15) is 13.2 Å². The van der Waals surface area contributed by atoms with Gasteiger partial charge in [0.2, 0.25) is 0 Å². The third-order valence-corrected chi connectivity index (χ3v) is 8.29. The van der Waals surface area contributed by atoms with Crippen LogP contribution in [0.1, 0.15) is 62.6 Å². The predicted octanol–water partition coefficient (Wildman–Crippen LogP) is 2.72. The minimum absolute atomic E-state index is 0.0695. The molecule has 2 aromatic rings. The first-order chi connectivity index (χ1) is 18.2. The van der Waals surface area contributed by atoms with Crippen LogP contribution < -0.4 is 21.9 Å². The number of halogens is 3. The first-order valence-corrected chi connectivity index (χ1v) is 13.8. The Morgan fingerprint density at radius 2 is 2.03 bits per heavy atom. The molecule has 3 unspecified atom stereocenters. The van der Waals surface area contributed by atoms with E-state index in [1.165, 1.54) is 16.7 Å². The smallest absolute Gasteiger partial charge is 0.383 e. The number of nitrogens with zero attached hydrogens (tertiary/aromatic N) is 4. The molecule has 3 N–H and O–H groups in total. The highest BCUT2D eigenvalue weighted by Gasteiger charge is 2.37. The average molecular weight is 540 g/mol. The lowest BCUT2D eigenvalue weighted by Crippen LogP contribution is -2.56. The van der Waals surface area contributed by atoms with Crippen molar-refractivity contribution in [3.05, 3.63) is 40.1 Å². The maximum atomic E-state index is 14.2. The zero-order valence-electron chi connectivity index (χ0n) is 22.3. The van der Waals surface area contributed by atoms with Gasteiger partial charge in [0.15, 0.2) is 0 Å². The highest BCUT2D eigenvalue weighted by Crippen LogP contribution is 2.36. The standard InChI is InChI=1S/C26H40F3N7O2/c1-18-5-4-8-33(13-18)14-19-11-22(26(27,28)29)23-16-35(25(37)36(23)15-19)21-7-3-6-20(12-21)34(9-10-38-2)24-30-17-31-32-24/h11,15-16,18,20-21,24,30-32H,3-10,12-14,17H2,1-2H3/t18-,20?,21?,24?/m0/s1. The van der Waals surface area contributed by atoms with Crippen molar-refractivity contribution in [2.45, 2.75) is 76.5 Å². The van der Waals surface area contributed by atoms with Crippen molar-refractivity contribution in [3.8, 4) is 0 Å². The monoisotopic (exact) mass is 539 g/mol. The molecule has 0 radical (unpaired) electrons. The van der Waals surface area contributed by atoms with Gasteiger partial charge < -0.3 is 4.74 Å². The number of aromatic nitrogens is 2. The molecule has 2 aromatic heterocycles. The fraction of sp³-hybridized carbons (Fsp3) is 0.731. The lowest BCUT2D eigenvalue weighted by atomic mass is 9.89. The Balaban J connectivity index is 1.44. The van der Waals surface area contributed by atoms with Gasteiger partial charge in [-0.3, -0.25) is 24.1 Å². The molecule has 0 amide bonds. The molecule has 0 spiro atoms. The Bertz CT molecular complexity index is 1140. The Morgan fingerprint density at radius 1 is 1.18 bits per heavy atom. The number of ether oxygens (including phenoxy) is 1. The summed E-state index contributed by atoms with van der Waals surface area (Å²) in [7, 11) is 1.67. The van der Waals surface area contributed by atoms with Gasteiger partial charge in [0.25, 0.3) is 0 Å². The highest BCUT2D eigenvalue weighted by molar-refractivity contribution is 5.56. The van der Waals surface area contributed by atoms with Crippen molar-refractivity contribution in [2.75, 3.05) is 40.0 Å². The summed E-state index contributed by atoms with van der Waals surface area (Å²) in [6, 6.07) is 1.22. The summed E-state index contributed by atoms with van der Waals surface area (Å²) in [5, 5.41) is 3.36. The van der Waals surface area contributed by atoms with Crippen LogP contribution in [0.15, 0.2) is 23.3 Å². The molecule has 3 aliphatic rings. The van der Waals surface area contributed by atoms with E-state index < -0.39 is 17.4 Å². The fourth-order valence-corrected chi connectivity index (χ4v) is 6.49. The molecular formula is C26H40F3N7O2. The second-order valence-corrected chi connectivity index (χ2v) is 11.1. The van der Waals surface area contributed by atoms with Gasteiger partial charge in [-0.1, -0.05) is 6.92 Å². The van der Waals surface area contributed by atoms with Crippen LogP contribution in [0.5, 0.6) is 0 Å². The van der Waals surface area contributed by atoms with Crippen molar-refractivity contribution < 1.29 is 17.9 Å². The van der Waals surface area contributed by atoms with Gasteiger partial charge in [-0.05, 0) is 62.6 Å². The zero-order chi connectivity index (χ0) is 26.9. The lowest BCUT2D eigenvalue weighted by Gasteiger charge is -2.40. The minimum atomic E-state index is -4.55. The summed E-state index contributed by atoms with van der Waals surface area (Å²) in [6.45, 7) is 6.20. The van der Waals surface area contributed by atoms with Crippen molar-refractivity contribution in [1.29, 1.82) is 0 Å². The van der Waals surface area contributed by atoms with Crippen LogP contribution in [-0.2, 0) is 17.5 Å². The van der Waals surface area contributed by atoms with Crippen LogP contribution in [0.3, 0.4) is 0 Å². The molecule has 1 aliphatic carbocycles. The first-order valence-electron chi connectivity index (χ1n) is 13.8. The Labute approximate surface area is 221 Å². The number of rotatable bonds is 8. The number of imidazole rings is 1. The minimum Gasteiger partial charge on any atom is -0.383 e. The summed E-state index contributed by atoms with van der Waals surface area (Å²) in [5.41, 5.74) is 5.63. The molecule has 5 rings (SSSR count). The zero-order valence-corrected chi connectivity index (χ0v) is 22.3. The van der Waals surface area contributed by atoms with E-state index in [0.717, 1.165) is 45.2 Å². The molecule has 3 fully saturated rings. The number of hydrazine groups is 1. The highest BCUT2D eigenvalue weighted by atomic mass is 19.4. The van der Waals surface area contributed by atoms with Crippen LogP contribution in [0.4, 0.5) is 13.2 Å². The largest absolute Gasteiger partial charge is 0.418 e. The third kappa shape index (κ3) is 5.95. The number of likely N-dealkylation sites (tertiary alicyclic amines) is 1. The second-order valence-electron chi connectivity index (χ2n) is 11.1. The van der Waals surface area contributed by atoms with Crippen molar-refractivity contribution in [1.82, 2.24) is 34.9 Å². The Kier molecular flexibility index (Phi) is 8.46. The molecule has 0 aromatic carbocycles. The van der Waals surface area contributed by atoms with E-state index in [-0.39, 0.29) is 23.9 Å². The average Bonchev–Trinajstić information content (AvgIpc) is 3.52. The van der Waals surface area contributed by atoms with E-state index in [1.54, 1.807) is 17.9 Å². The topological polar surface area (TPSA) is 78.2 Å². The maximum Gasteiger partial charge on any atom is 0.418 e. The summed E-state index contributed by atoms with van der Waals surface area (Å²) in [4.78, 5) is 18.1. The van der Waals surface area contributed by atoms with Gasteiger partial charge in [0.1, 0.15) is 6.29 Å². The first kappa shape index (κ1) is 27.6. The van der Waals surface area contributed by atoms with Crippen molar-refractivity contribution >= 4 is 5.52 Å². The summed E-state index contributed by atoms with van der Waals surface area (Å²) < 4.78 is 50.7. The van der Waals surface area contributed by atoms with E-state index in [2.05, 4.69) is 32.9 Å². The lowest BCUT2D eigenvalue weighted by molar-refractivity contribution is -0.136. The summed E-state index contributed by atoms with van der Waals surface area (Å²) in [6.07, 6.45) is 3.89. The van der Waals surface area contributed by atoms with Gasteiger partial charge >= 0.3 is 11.9 Å². The maximum absolute atomic E-state index is 14.2. The molecule has 212 valence electrons. The van der Waals surface area contributed by atoms with Gasteiger partial charge in [0, 0.05) is 51.2 Å². The SMILES string of the molecule is COCCN(C1CCCC(n2cc3c(C(F)(F)F)cc(CN4CCC[C@H](C)C4)cn3c2=O)C1)C1NCNN1. The number of pyridine rings is 1. The number of piperidine rings is 1. The Morgan fingerprint density at radius 3 is 2.74 bits per heavy atom. The van der Waals surface area contributed by atoms with Crippen LogP contribution in [0.2, 0.25) is 0 Å². The number of hydrogen-bond donors (Lipinski definition) is 3. The number of alkyl halides is 3. The van der Waals surface area contributed by atoms with Crippen LogP contribution in [-0.4, -0.2) is 71.1 Å². The van der Waals surface area contributed by atoms with Crippen molar-refractivity contribution in [2.24, 2.45) is 5.92 Å². The predicted molar refractivity (Wildman–Crippen MR) is 138 cm³/mol. The second kappa shape index (κ2) is 11.6. The molecule has 4 atom stereocenters. The van der Waals surface area contributed by atoms with Crippen LogP contribution >= 0.6 is 0 Å². The number of fused-ring (bicyclic) bond motifs is 1. The normalized spacial score (nSPS) is 27.5. The fourth-order valence-electron chi connectivity index (χ4n) is 6.49. The Hall–Kier alpha value is -1.96. The molecule has 2 aliphatic heterocycles. The third-order valence-electron chi connectivity index (χ3n) is 8.29. The quantitative estimate of drug-likeness (QED) is 0.476. The van der Waals surface area contributed by atoms with E-state index >= 15 is 0 Å². The van der Waals surface area contributed by atoms with Crippen LogP contribution in [0.25, 0.3) is 5.52 Å². The van der Waals surface area contributed by atoms with Gasteiger partial charge in [-0.25, -0.2) is 15.6 Å². The van der Waals surface area contributed by atoms with E-state index in [0.29, 0.717) is 44.3 Å². The molecule has 2 saturated heterocycles. The molecule has 0 bridgehead atoms. The molecule has 4 heterocycles. The number of hydrogen-bond acceptors (Lipinski definition) is 7. The number of methoxy groups -OCH3 is 1. The summed E-state index contributed by atoms with van der Waals surface area (Å²) >= 11 is 0. The molecular weight excluding hydrogens is 499 g/mol. The van der Waals surface area contributed by atoms with E-state index in [1.807, 2.05) is 0 Å². The van der Waals surface area contributed by atoms with E-state index in [9.17, 15) is 18.0 Å². The molecule has 38 heavy (non-hydrogen) atoms. The van der Waals surface area contributed by atoms with Gasteiger partial charge in [-0.15, -0.1) is 0 Å². The number of nitrogens with one attached hydrogen (secondary N) is 3. The molecule has 12 heteroatoms. The van der Waals surface area contributed by atoms with Crippen molar-refractivity contribution in [3.63, 3.8) is 0 Å². The van der Waals surface area contributed by atoms with Gasteiger partial charge in [0.05, 0.1) is 24.4 Å². The van der Waals surface area contributed by atoms with E-state index in [4.69, 9.17) is 4.74 Å². The molecule has 9 nitrogen and oxygen atoms in total.